The summed E-state index contributed by atoms with van der Waals surface area (Å²) in [6.07, 6.45) is 13.3. The molecule has 0 aromatic heterocycles. The van der Waals surface area contributed by atoms with Gasteiger partial charge >= 0.3 is 0 Å². The predicted molar refractivity (Wildman–Crippen MR) is 91.2 cm³/mol. The molecule has 2 atom stereocenters. The topological polar surface area (TPSA) is 0 Å². The number of benzene rings is 1. The van der Waals surface area contributed by atoms with Gasteiger partial charge in [0.05, 0.1) is 0 Å². The summed E-state index contributed by atoms with van der Waals surface area (Å²) in [5.41, 5.74) is 7.31. The van der Waals surface area contributed by atoms with Crippen molar-refractivity contribution in [3.05, 3.63) is 94.6 Å². The molecule has 0 saturated carbocycles. The lowest BCUT2D eigenvalue weighted by molar-refractivity contribution is 0.889. The molecule has 0 heteroatoms. The average molecular weight is 274 g/mol. The summed E-state index contributed by atoms with van der Waals surface area (Å²) in [6.45, 7) is 6.62. The minimum absolute atomic E-state index is 0.393. The van der Waals surface area contributed by atoms with Gasteiger partial charge in [0.25, 0.3) is 0 Å². The van der Waals surface area contributed by atoms with Gasteiger partial charge in [-0.3, -0.25) is 0 Å². The van der Waals surface area contributed by atoms with Crippen LogP contribution in [-0.2, 0) is 0 Å². The first-order chi connectivity index (χ1) is 10.2. The zero-order valence-corrected chi connectivity index (χ0v) is 13.0. The lowest BCUT2D eigenvalue weighted by Gasteiger charge is -2.16. The zero-order valence-electron chi connectivity index (χ0n) is 13.0. The van der Waals surface area contributed by atoms with E-state index in [0.717, 1.165) is 0 Å². The molecule has 0 radical (unpaired) electrons. The van der Waals surface area contributed by atoms with Gasteiger partial charge in [-0.15, -0.1) is 0 Å². The first-order valence-corrected chi connectivity index (χ1v) is 7.71. The van der Waals surface area contributed by atoms with Crippen LogP contribution in [0.5, 0.6) is 0 Å². The summed E-state index contributed by atoms with van der Waals surface area (Å²) in [5, 5.41) is 0. The van der Waals surface area contributed by atoms with E-state index in [1.54, 1.807) is 0 Å². The highest BCUT2D eigenvalue weighted by atomic mass is 14.4. The van der Waals surface area contributed by atoms with Crippen molar-refractivity contribution in [2.24, 2.45) is 5.92 Å². The molecule has 0 spiro atoms. The molecule has 2 aliphatic rings. The largest absolute Gasteiger partial charge is 0.0877 e. The highest BCUT2D eigenvalue weighted by Crippen LogP contribution is 2.50. The molecule has 1 aromatic rings. The molecule has 0 saturated heterocycles. The number of hydrogen-bond acceptors (Lipinski definition) is 0. The SMILES string of the molecule is C/C=C/C=C\C1=C(C)C2=C(C=CC2C)C1c1ccccc1. The Bertz CT molecular complexity index is 678. The van der Waals surface area contributed by atoms with Crippen LogP contribution in [-0.4, -0.2) is 0 Å². The smallest absolute Gasteiger partial charge is 0.0345 e. The van der Waals surface area contributed by atoms with E-state index in [1.807, 2.05) is 0 Å². The van der Waals surface area contributed by atoms with E-state index >= 15 is 0 Å². The van der Waals surface area contributed by atoms with Crippen molar-refractivity contribution >= 4 is 0 Å². The molecule has 0 bridgehead atoms. The molecule has 2 unspecified atom stereocenters. The van der Waals surface area contributed by atoms with Gasteiger partial charge in [-0.25, -0.2) is 0 Å². The van der Waals surface area contributed by atoms with Crippen molar-refractivity contribution in [3.8, 4) is 0 Å². The summed E-state index contributed by atoms with van der Waals surface area (Å²) in [4.78, 5) is 0. The lowest BCUT2D eigenvalue weighted by atomic mass is 9.87. The van der Waals surface area contributed by atoms with Gasteiger partial charge in [0.1, 0.15) is 0 Å². The standard InChI is InChI=1S/C21H22/c1-4-5-7-12-18-16(3)20-15(2)13-14-19(20)21(18)17-10-8-6-9-11-17/h4-15,21H,1-3H3/b5-4+,12-7-. The first-order valence-electron chi connectivity index (χ1n) is 7.71. The second-order valence-electron chi connectivity index (χ2n) is 5.83. The minimum atomic E-state index is 0.393. The molecule has 0 nitrogen and oxygen atoms in total. The summed E-state index contributed by atoms with van der Waals surface area (Å²) in [5.74, 6) is 0.933. The molecular formula is C21H22. The predicted octanol–water partition coefficient (Wildman–Crippen LogP) is 5.74. The van der Waals surface area contributed by atoms with Crippen LogP contribution in [0.15, 0.2) is 89.1 Å². The molecule has 3 rings (SSSR count). The Morgan fingerprint density at radius 1 is 1.05 bits per heavy atom. The molecule has 0 aliphatic heterocycles. The fraction of sp³-hybridized carbons (Fsp3) is 0.238. The maximum absolute atomic E-state index is 2.33. The van der Waals surface area contributed by atoms with E-state index in [1.165, 1.54) is 27.9 Å². The molecule has 0 N–H and O–H groups in total. The van der Waals surface area contributed by atoms with Crippen molar-refractivity contribution in [1.29, 1.82) is 0 Å². The Morgan fingerprint density at radius 3 is 2.52 bits per heavy atom. The lowest BCUT2D eigenvalue weighted by Crippen LogP contribution is -2.00. The van der Waals surface area contributed by atoms with Crippen molar-refractivity contribution < 1.29 is 0 Å². The van der Waals surface area contributed by atoms with Crippen LogP contribution in [0.1, 0.15) is 32.3 Å². The fourth-order valence-corrected chi connectivity index (χ4v) is 3.54. The van der Waals surface area contributed by atoms with E-state index in [2.05, 4.69) is 87.6 Å². The molecule has 2 aliphatic carbocycles. The Hall–Kier alpha value is -2.08. The van der Waals surface area contributed by atoms with Gasteiger partial charge < -0.3 is 0 Å². The Morgan fingerprint density at radius 2 is 1.81 bits per heavy atom. The molecule has 21 heavy (non-hydrogen) atoms. The fourth-order valence-electron chi connectivity index (χ4n) is 3.54. The van der Waals surface area contributed by atoms with Crippen LogP contribution in [0.25, 0.3) is 0 Å². The maximum Gasteiger partial charge on any atom is 0.0345 e. The third-order valence-corrected chi connectivity index (χ3v) is 4.50. The van der Waals surface area contributed by atoms with Crippen molar-refractivity contribution in [3.63, 3.8) is 0 Å². The van der Waals surface area contributed by atoms with E-state index in [-0.39, 0.29) is 0 Å². The van der Waals surface area contributed by atoms with Gasteiger partial charge in [-0.1, -0.05) is 73.7 Å². The average Bonchev–Trinajstić information content (AvgIpc) is 3.00. The number of rotatable bonds is 3. The van der Waals surface area contributed by atoms with Crippen LogP contribution in [0.3, 0.4) is 0 Å². The third kappa shape index (κ3) is 2.35. The number of hydrogen-bond donors (Lipinski definition) is 0. The van der Waals surface area contributed by atoms with Crippen LogP contribution < -0.4 is 0 Å². The monoisotopic (exact) mass is 274 g/mol. The van der Waals surface area contributed by atoms with Crippen molar-refractivity contribution in [2.45, 2.75) is 26.7 Å². The summed E-state index contributed by atoms with van der Waals surface area (Å²) < 4.78 is 0. The molecular weight excluding hydrogens is 252 g/mol. The van der Waals surface area contributed by atoms with Gasteiger partial charge in [-0.2, -0.15) is 0 Å². The molecule has 1 aromatic carbocycles. The van der Waals surface area contributed by atoms with Crippen LogP contribution in [0.4, 0.5) is 0 Å². The van der Waals surface area contributed by atoms with Gasteiger partial charge in [0.15, 0.2) is 0 Å². The van der Waals surface area contributed by atoms with Gasteiger partial charge in [0, 0.05) is 5.92 Å². The summed E-state index contributed by atoms with van der Waals surface area (Å²) in [7, 11) is 0. The third-order valence-electron chi connectivity index (χ3n) is 4.50. The normalized spacial score (nSPS) is 24.9. The highest BCUT2D eigenvalue weighted by molar-refractivity contribution is 5.65. The van der Waals surface area contributed by atoms with E-state index in [4.69, 9.17) is 0 Å². The highest BCUT2D eigenvalue weighted by Gasteiger charge is 2.34. The minimum Gasteiger partial charge on any atom is -0.0877 e. The van der Waals surface area contributed by atoms with E-state index in [0.29, 0.717) is 11.8 Å². The second-order valence-corrected chi connectivity index (χ2v) is 5.83. The van der Waals surface area contributed by atoms with Crippen molar-refractivity contribution in [2.75, 3.05) is 0 Å². The first kappa shape index (κ1) is 13.9. The van der Waals surface area contributed by atoms with Crippen LogP contribution in [0.2, 0.25) is 0 Å². The van der Waals surface area contributed by atoms with Crippen LogP contribution >= 0.6 is 0 Å². The van der Waals surface area contributed by atoms with E-state index < -0.39 is 0 Å². The van der Waals surface area contributed by atoms with Crippen LogP contribution in [0, 0.1) is 5.92 Å². The quantitative estimate of drug-likeness (QED) is 0.617. The zero-order chi connectivity index (χ0) is 14.8. The summed E-state index contributed by atoms with van der Waals surface area (Å²) >= 11 is 0. The number of allylic oxidation sites excluding steroid dienone is 10. The van der Waals surface area contributed by atoms with Gasteiger partial charge in [-0.05, 0) is 47.6 Å². The Balaban J connectivity index is 2.09. The molecule has 0 fully saturated rings. The van der Waals surface area contributed by atoms with Gasteiger partial charge in [0.2, 0.25) is 0 Å². The van der Waals surface area contributed by atoms with E-state index in [9.17, 15) is 0 Å². The van der Waals surface area contributed by atoms with Crippen molar-refractivity contribution in [1.82, 2.24) is 0 Å². The second kappa shape index (κ2) is 5.73. The maximum atomic E-state index is 2.33. The summed E-state index contributed by atoms with van der Waals surface area (Å²) in [6, 6.07) is 10.9. The molecule has 0 heterocycles. The molecule has 106 valence electrons. The Kier molecular flexibility index (Phi) is 3.79. The Labute approximate surface area is 127 Å². The molecule has 0 amide bonds.